The van der Waals surface area contributed by atoms with Gasteiger partial charge in [-0.05, 0) is 30.2 Å². The van der Waals surface area contributed by atoms with Gasteiger partial charge in [-0.2, -0.15) is 0 Å². The smallest absolute Gasteiger partial charge is 0.244 e. The van der Waals surface area contributed by atoms with Crippen LogP contribution in [0.5, 0.6) is 5.75 Å². The van der Waals surface area contributed by atoms with Crippen molar-refractivity contribution in [3.05, 3.63) is 59.1 Å². The first-order valence-electron chi connectivity index (χ1n) is 7.92. The molecule has 5 nitrogen and oxygen atoms in total. The van der Waals surface area contributed by atoms with E-state index in [1.54, 1.807) is 18.2 Å². The van der Waals surface area contributed by atoms with Gasteiger partial charge in [0.05, 0.1) is 19.3 Å². The van der Waals surface area contributed by atoms with Crippen LogP contribution in [0.2, 0.25) is 5.02 Å². The van der Waals surface area contributed by atoms with Crippen molar-refractivity contribution in [2.45, 2.75) is 13.3 Å². The minimum absolute atomic E-state index is 0.0299. The summed E-state index contributed by atoms with van der Waals surface area (Å²) in [6, 6.07) is 14.8. The molecule has 0 bridgehead atoms. The fourth-order valence-corrected chi connectivity index (χ4v) is 2.57. The first kappa shape index (κ1) is 18.8. The second-order valence-electron chi connectivity index (χ2n) is 5.57. The predicted octanol–water partition coefficient (Wildman–Crippen LogP) is 3.38. The van der Waals surface area contributed by atoms with E-state index in [1.807, 2.05) is 30.3 Å². The number of ether oxygens (including phenoxy) is 1. The zero-order chi connectivity index (χ0) is 18.2. The first-order valence-corrected chi connectivity index (χ1v) is 8.30. The summed E-state index contributed by atoms with van der Waals surface area (Å²) in [5, 5.41) is 3.23. The highest BCUT2D eigenvalue weighted by molar-refractivity contribution is 6.31. The van der Waals surface area contributed by atoms with E-state index in [0.29, 0.717) is 29.4 Å². The maximum atomic E-state index is 12.3. The number of hydrogen-bond donors (Lipinski definition) is 1. The zero-order valence-corrected chi connectivity index (χ0v) is 15.0. The number of nitrogens with one attached hydrogen (secondary N) is 1. The molecule has 0 heterocycles. The van der Waals surface area contributed by atoms with Gasteiger partial charge in [0.1, 0.15) is 5.75 Å². The van der Waals surface area contributed by atoms with Crippen LogP contribution in [0.25, 0.3) is 0 Å². The number of halogens is 1. The normalized spacial score (nSPS) is 10.2. The average molecular weight is 361 g/mol. The van der Waals surface area contributed by atoms with Crippen LogP contribution in [0, 0.1) is 0 Å². The van der Waals surface area contributed by atoms with Crippen molar-refractivity contribution in [2.75, 3.05) is 25.5 Å². The van der Waals surface area contributed by atoms with Crippen molar-refractivity contribution in [2.24, 2.45) is 0 Å². The Morgan fingerprint density at radius 1 is 1.16 bits per heavy atom. The van der Waals surface area contributed by atoms with Gasteiger partial charge in [0.2, 0.25) is 11.8 Å². The molecule has 6 heteroatoms. The number of methoxy groups -OCH3 is 1. The van der Waals surface area contributed by atoms with E-state index in [4.69, 9.17) is 16.3 Å². The van der Waals surface area contributed by atoms with Gasteiger partial charge in [0, 0.05) is 18.5 Å². The van der Waals surface area contributed by atoms with Gasteiger partial charge in [0.25, 0.3) is 0 Å². The van der Waals surface area contributed by atoms with Gasteiger partial charge in [0.15, 0.2) is 0 Å². The second kappa shape index (κ2) is 9.08. The lowest BCUT2D eigenvalue weighted by Gasteiger charge is -2.21. The van der Waals surface area contributed by atoms with Crippen molar-refractivity contribution >= 4 is 29.1 Å². The van der Waals surface area contributed by atoms with Crippen LogP contribution >= 0.6 is 11.6 Å². The highest BCUT2D eigenvalue weighted by Crippen LogP contribution is 2.27. The lowest BCUT2D eigenvalue weighted by molar-refractivity contribution is -0.132. The SMILES string of the molecule is COc1ccc(Cl)cc1NC(=O)CN(CCc1ccccc1)C(C)=O. The third-order valence-electron chi connectivity index (χ3n) is 3.73. The fourth-order valence-electron chi connectivity index (χ4n) is 2.40. The molecule has 0 aliphatic carbocycles. The number of benzene rings is 2. The quantitative estimate of drug-likeness (QED) is 0.823. The molecule has 2 aromatic carbocycles. The summed E-state index contributed by atoms with van der Waals surface area (Å²) in [4.78, 5) is 25.7. The predicted molar refractivity (Wildman–Crippen MR) is 99.0 cm³/mol. The molecule has 0 radical (unpaired) electrons. The molecule has 132 valence electrons. The number of rotatable bonds is 7. The molecular weight excluding hydrogens is 340 g/mol. The van der Waals surface area contributed by atoms with Gasteiger partial charge in [-0.3, -0.25) is 9.59 Å². The third-order valence-corrected chi connectivity index (χ3v) is 3.96. The number of carbonyl (C=O) groups excluding carboxylic acids is 2. The molecule has 0 aliphatic rings. The van der Waals surface area contributed by atoms with Crippen LogP contribution in [0.3, 0.4) is 0 Å². The Balaban J connectivity index is 1.98. The van der Waals surface area contributed by atoms with Gasteiger partial charge < -0.3 is 15.0 Å². The first-order chi connectivity index (χ1) is 12.0. The molecule has 1 N–H and O–H groups in total. The molecule has 0 saturated heterocycles. The Labute approximate surface area is 152 Å². The summed E-state index contributed by atoms with van der Waals surface area (Å²) in [5.74, 6) is 0.0596. The van der Waals surface area contributed by atoms with Crippen LogP contribution in [0.4, 0.5) is 5.69 Å². The van der Waals surface area contributed by atoms with E-state index >= 15 is 0 Å². The van der Waals surface area contributed by atoms with Crippen LogP contribution in [-0.4, -0.2) is 36.9 Å². The lowest BCUT2D eigenvalue weighted by atomic mass is 10.1. The molecular formula is C19H21ClN2O3. The molecule has 0 aliphatic heterocycles. The molecule has 0 fully saturated rings. The van der Waals surface area contributed by atoms with Crippen LogP contribution in [0.1, 0.15) is 12.5 Å². The van der Waals surface area contributed by atoms with E-state index in [0.717, 1.165) is 5.56 Å². The van der Waals surface area contributed by atoms with Crippen molar-refractivity contribution < 1.29 is 14.3 Å². The van der Waals surface area contributed by atoms with E-state index in [1.165, 1.54) is 18.9 Å². The maximum absolute atomic E-state index is 12.3. The van der Waals surface area contributed by atoms with Crippen molar-refractivity contribution in [3.63, 3.8) is 0 Å². The summed E-state index contributed by atoms with van der Waals surface area (Å²) >= 11 is 5.96. The Kier molecular flexibility index (Phi) is 6.83. The standard InChI is InChI=1S/C19H21ClN2O3/c1-14(23)22(11-10-15-6-4-3-5-7-15)13-19(24)21-17-12-16(20)8-9-18(17)25-2/h3-9,12H,10-11,13H2,1-2H3,(H,21,24). The van der Waals surface area contributed by atoms with E-state index in [-0.39, 0.29) is 18.4 Å². The Morgan fingerprint density at radius 2 is 1.88 bits per heavy atom. The third kappa shape index (κ3) is 5.80. The molecule has 25 heavy (non-hydrogen) atoms. The minimum atomic E-state index is -0.302. The van der Waals surface area contributed by atoms with E-state index in [9.17, 15) is 9.59 Å². The Hall–Kier alpha value is -2.53. The monoisotopic (exact) mass is 360 g/mol. The molecule has 2 aromatic rings. The maximum Gasteiger partial charge on any atom is 0.244 e. The molecule has 0 saturated carbocycles. The van der Waals surface area contributed by atoms with Crippen LogP contribution in [0.15, 0.2) is 48.5 Å². The Bertz CT molecular complexity index is 735. The summed E-state index contributed by atoms with van der Waals surface area (Å²) < 4.78 is 5.21. The highest BCUT2D eigenvalue weighted by atomic mass is 35.5. The number of hydrogen-bond acceptors (Lipinski definition) is 3. The molecule has 0 atom stereocenters. The summed E-state index contributed by atoms with van der Waals surface area (Å²) in [7, 11) is 1.51. The topological polar surface area (TPSA) is 58.6 Å². The van der Waals surface area contributed by atoms with Gasteiger partial charge in [-0.1, -0.05) is 41.9 Å². The van der Waals surface area contributed by atoms with Crippen LogP contribution in [-0.2, 0) is 16.0 Å². The largest absolute Gasteiger partial charge is 0.495 e. The highest BCUT2D eigenvalue weighted by Gasteiger charge is 2.15. The van der Waals surface area contributed by atoms with Gasteiger partial charge in [-0.15, -0.1) is 0 Å². The minimum Gasteiger partial charge on any atom is -0.495 e. The van der Waals surface area contributed by atoms with E-state index in [2.05, 4.69) is 5.32 Å². The summed E-state index contributed by atoms with van der Waals surface area (Å²) in [6.45, 7) is 1.90. The van der Waals surface area contributed by atoms with Gasteiger partial charge in [-0.25, -0.2) is 0 Å². The molecule has 0 aromatic heterocycles. The number of nitrogens with zero attached hydrogens (tertiary/aromatic N) is 1. The van der Waals surface area contributed by atoms with Crippen molar-refractivity contribution in [1.29, 1.82) is 0 Å². The Morgan fingerprint density at radius 3 is 2.52 bits per heavy atom. The molecule has 2 rings (SSSR count). The fraction of sp³-hybridized carbons (Fsp3) is 0.263. The van der Waals surface area contributed by atoms with Crippen molar-refractivity contribution in [3.8, 4) is 5.75 Å². The second-order valence-corrected chi connectivity index (χ2v) is 6.01. The number of anilines is 1. The van der Waals surface area contributed by atoms with Gasteiger partial charge >= 0.3 is 0 Å². The molecule has 0 unspecified atom stereocenters. The summed E-state index contributed by atoms with van der Waals surface area (Å²) in [6.07, 6.45) is 0.689. The average Bonchev–Trinajstić information content (AvgIpc) is 2.59. The zero-order valence-electron chi connectivity index (χ0n) is 14.3. The molecule has 0 spiro atoms. The number of carbonyl (C=O) groups is 2. The number of amides is 2. The summed E-state index contributed by atoms with van der Waals surface area (Å²) in [5.41, 5.74) is 1.59. The van der Waals surface area contributed by atoms with Crippen LogP contribution < -0.4 is 10.1 Å². The van der Waals surface area contributed by atoms with Crippen molar-refractivity contribution in [1.82, 2.24) is 4.90 Å². The lowest BCUT2D eigenvalue weighted by Crippen LogP contribution is -2.38. The molecule has 2 amide bonds. The van der Waals surface area contributed by atoms with E-state index < -0.39 is 0 Å².